The first-order valence-electron chi connectivity index (χ1n) is 7.32. The van der Waals surface area contributed by atoms with Crippen LogP contribution < -0.4 is 19.9 Å². The van der Waals surface area contributed by atoms with Crippen molar-refractivity contribution in [2.45, 2.75) is 6.42 Å². The van der Waals surface area contributed by atoms with Crippen molar-refractivity contribution in [3.8, 4) is 17.2 Å². The van der Waals surface area contributed by atoms with E-state index in [0.29, 0.717) is 51.9 Å². The van der Waals surface area contributed by atoms with E-state index in [0.717, 1.165) is 5.56 Å². The lowest BCUT2D eigenvalue weighted by Crippen LogP contribution is -2.10. The Labute approximate surface area is 156 Å². The maximum Gasteiger partial charge on any atom is 0.179 e. The molecule has 0 saturated heterocycles. The van der Waals surface area contributed by atoms with Gasteiger partial charge in [-0.1, -0.05) is 34.8 Å². The van der Waals surface area contributed by atoms with Crippen LogP contribution in [0.15, 0.2) is 30.3 Å². The molecular weight excluding hydrogens is 373 g/mol. The Bertz CT molecular complexity index is 695. The van der Waals surface area contributed by atoms with Gasteiger partial charge < -0.3 is 19.9 Å². The third-order valence-electron chi connectivity index (χ3n) is 3.20. The summed E-state index contributed by atoms with van der Waals surface area (Å²) in [6.45, 7) is 1.12. The van der Waals surface area contributed by atoms with Gasteiger partial charge >= 0.3 is 0 Å². The Morgan fingerprint density at radius 3 is 2.33 bits per heavy atom. The van der Waals surface area contributed by atoms with Gasteiger partial charge in [-0.2, -0.15) is 0 Å². The number of halogens is 3. The molecular formula is C17H18Cl3NO3. The average Bonchev–Trinajstić information content (AvgIpc) is 2.54. The van der Waals surface area contributed by atoms with Crippen molar-refractivity contribution in [2.24, 2.45) is 5.73 Å². The number of nitrogens with two attached hydrogens (primary N) is 1. The molecule has 0 bridgehead atoms. The second kappa shape index (κ2) is 9.23. The zero-order valence-corrected chi connectivity index (χ0v) is 15.4. The molecule has 0 aromatic heterocycles. The van der Waals surface area contributed by atoms with Crippen LogP contribution in [-0.2, 0) is 6.42 Å². The average molecular weight is 391 g/mol. The monoisotopic (exact) mass is 389 g/mol. The summed E-state index contributed by atoms with van der Waals surface area (Å²) in [5.41, 5.74) is 6.56. The van der Waals surface area contributed by atoms with Crippen molar-refractivity contribution >= 4 is 34.8 Å². The SMILES string of the molecule is COc1cc(CCN)cc(Cl)c1OCCOc1ccc(Cl)cc1Cl. The quantitative estimate of drug-likeness (QED) is 0.669. The van der Waals surface area contributed by atoms with Crippen molar-refractivity contribution in [2.75, 3.05) is 26.9 Å². The number of rotatable bonds is 8. The molecule has 2 aromatic carbocycles. The van der Waals surface area contributed by atoms with Crippen LogP contribution in [0, 0.1) is 0 Å². The van der Waals surface area contributed by atoms with E-state index in [9.17, 15) is 0 Å². The summed E-state index contributed by atoms with van der Waals surface area (Å²) in [5, 5.41) is 1.48. The van der Waals surface area contributed by atoms with Gasteiger partial charge in [-0.25, -0.2) is 0 Å². The molecule has 0 atom stereocenters. The lowest BCUT2D eigenvalue weighted by atomic mass is 10.1. The first-order chi connectivity index (χ1) is 11.5. The molecule has 2 rings (SSSR count). The second-order valence-corrected chi connectivity index (χ2v) is 6.17. The molecule has 4 nitrogen and oxygen atoms in total. The van der Waals surface area contributed by atoms with E-state index in [-0.39, 0.29) is 6.61 Å². The summed E-state index contributed by atoms with van der Waals surface area (Å²) < 4.78 is 16.6. The second-order valence-electron chi connectivity index (χ2n) is 4.92. The summed E-state index contributed by atoms with van der Waals surface area (Å²) in [5.74, 6) is 1.59. The number of hydrogen-bond donors (Lipinski definition) is 1. The molecule has 0 heterocycles. The maximum atomic E-state index is 6.27. The molecule has 0 amide bonds. The topological polar surface area (TPSA) is 53.7 Å². The van der Waals surface area contributed by atoms with Gasteiger partial charge in [0.15, 0.2) is 11.5 Å². The van der Waals surface area contributed by atoms with Crippen LogP contribution in [0.2, 0.25) is 15.1 Å². The number of ether oxygens (including phenoxy) is 3. The Kier molecular flexibility index (Phi) is 7.31. The molecule has 0 aliphatic rings. The highest BCUT2D eigenvalue weighted by atomic mass is 35.5. The highest BCUT2D eigenvalue weighted by Crippen LogP contribution is 2.36. The van der Waals surface area contributed by atoms with Gasteiger partial charge in [-0.3, -0.25) is 0 Å². The summed E-state index contributed by atoms with van der Waals surface area (Å²) in [6, 6.07) is 8.73. The van der Waals surface area contributed by atoms with Crippen molar-refractivity contribution in [1.82, 2.24) is 0 Å². The molecule has 2 N–H and O–H groups in total. The highest BCUT2D eigenvalue weighted by molar-refractivity contribution is 6.35. The van der Waals surface area contributed by atoms with Gasteiger partial charge in [-0.05, 0) is 48.9 Å². The van der Waals surface area contributed by atoms with Gasteiger partial charge in [0.2, 0.25) is 0 Å². The number of hydrogen-bond acceptors (Lipinski definition) is 4. The van der Waals surface area contributed by atoms with Crippen LogP contribution in [-0.4, -0.2) is 26.9 Å². The Morgan fingerprint density at radius 1 is 0.917 bits per heavy atom. The highest BCUT2D eigenvalue weighted by Gasteiger charge is 2.12. The van der Waals surface area contributed by atoms with E-state index in [2.05, 4.69) is 0 Å². The van der Waals surface area contributed by atoms with E-state index in [1.165, 1.54) is 0 Å². The largest absolute Gasteiger partial charge is 0.493 e. The fraction of sp³-hybridized carbons (Fsp3) is 0.294. The van der Waals surface area contributed by atoms with Crippen molar-refractivity contribution in [3.63, 3.8) is 0 Å². The molecule has 0 aliphatic carbocycles. The summed E-state index contributed by atoms with van der Waals surface area (Å²) >= 11 is 18.2. The van der Waals surface area contributed by atoms with E-state index in [1.807, 2.05) is 12.1 Å². The van der Waals surface area contributed by atoms with Crippen LogP contribution >= 0.6 is 34.8 Å². The molecule has 130 valence electrons. The molecule has 0 fully saturated rings. The first-order valence-corrected chi connectivity index (χ1v) is 8.45. The Balaban J connectivity index is 1.96. The molecule has 0 aliphatic heterocycles. The van der Waals surface area contributed by atoms with Crippen molar-refractivity contribution < 1.29 is 14.2 Å². The fourth-order valence-corrected chi connectivity index (χ4v) is 2.86. The van der Waals surface area contributed by atoms with E-state index < -0.39 is 0 Å². The van der Waals surface area contributed by atoms with Crippen molar-refractivity contribution in [3.05, 3.63) is 51.0 Å². The van der Waals surface area contributed by atoms with Gasteiger partial charge in [-0.15, -0.1) is 0 Å². The van der Waals surface area contributed by atoms with Crippen LogP contribution in [0.4, 0.5) is 0 Å². The third-order valence-corrected chi connectivity index (χ3v) is 4.01. The molecule has 0 saturated carbocycles. The summed E-state index contributed by atoms with van der Waals surface area (Å²) in [7, 11) is 1.56. The number of benzene rings is 2. The van der Waals surface area contributed by atoms with Gasteiger partial charge in [0.25, 0.3) is 0 Å². The van der Waals surface area contributed by atoms with Gasteiger partial charge in [0, 0.05) is 5.02 Å². The maximum absolute atomic E-state index is 6.27. The molecule has 7 heteroatoms. The fourth-order valence-electron chi connectivity index (χ4n) is 2.11. The first kappa shape index (κ1) is 19.0. The van der Waals surface area contributed by atoms with Crippen molar-refractivity contribution in [1.29, 1.82) is 0 Å². The molecule has 24 heavy (non-hydrogen) atoms. The van der Waals surface area contributed by atoms with E-state index in [4.69, 9.17) is 54.7 Å². The molecule has 0 radical (unpaired) electrons. The molecule has 2 aromatic rings. The smallest absolute Gasteiger partial charge is 0.179 e. The summed E-state index contributed by atoms with van der Waals surface area (Å²) in [4.78, 5) is 0. The lowest BCUT2D eigenvalue weighted by molar-refractivity contribution is 0.211. The van der Waals surface area contributed by atoms with Crippen LogP contribution in [0.1, 0.15) is 5.56 Å². The van der Waals surface area contributed by atoms with E-state index in [1.54, 1.807) is 25.3 Å². The third kappa shape index (κ3) is 5.08. The van der Waals surface area contributed by atoms with Gasteiger partial charge in [0.05, 0.1) is 17.2 Å². The van der Waals surface area contributed by atoms with Crippen LogP contribution in [0.3, 0.4) is 0 Å². The summed E-state index contributed by atoms with van der Waals surface area (Å²) in [6.07, 6.45) is 0.717. The Hall–Kier alpha value is -1.33. The molecule has 0 unspecified atom stereocenters. The standard InChI is InChI=1S/C17H18Cl3NO3/c1-22-16-9-11(4-5-21)8-14(20)17(16)24-7-6-23-15-3-2-12(18)10-13(15)19/h2-3,8-10H,4-7,21H2,1H3. The predicted octanol–water partition coefficient (Wildman–Crippen LogP) is 4.61. The lowest BCUT2D eigenvalue weighted by Gasteiger charge is -2.15. The normalized spacial score (nSPS) is 10.5. The van der Waals surface area contributed by atoms with Crippen LogP contribution in [0.25, 0.3) is 0 Å². The minimum absolute atomic E-state index is 0.283. The predicted molar refractivity (Wildman–Crippen MR) is 98.2 cm³/mol. The minimum Gasteiger partial charge on any atom is -0.493 e. The zero-order valence-electron chi connectivity index (χ0n) is 13.2. The molecule has 0 spiro atoms. The van der Waals surface area contributed by atoms with Crippen LogP contribution in [0.5, 0.6) is 17.2 Å². The Morgan fingerprint density at radius 2 is 1.67 bits per heavy atom. The zero-order chi connectivity index (χ0) is 17.5. The minimum atomic E-state index is 0.283. The van der Waals surface area contributed by atoms with E-state index >= 15 is 0 Å². The number of methoxy groups -OCH3 is 1. The van der Waals surface area contributed by atoms with Gasteiger partial charge in [0.1, 0.15) is 19.0 Å².